The van der Waals surface area contributed by atoms with E-state index in [0.717, 1.165) is 0 Å². The number of ether oxygens (including phenoxy) is 1. The van der Waals surface area contributed by atoms with E-state index in [1.54, 1.807) is 30.3 Å². The van der Waals surface area contributed by atoms with Crippen molar-refractivity contribution in [1.29, 1.82) is 5.26 Å². The molecule has 5 nitrogen and oxygen atoms in total. The molecule has 0 saturated carbocycles. The maximum Gasteiger partial charge on any atom is 0.431 e. The molecule has 22 heavy (non-hydrogen) atoms. The largest absolute Gasteiger partial charge is 0.453 e. The van der Waals surface area contributed by atoms with Crippen LogP contribution in [0.5, 0.6) is 0 Å². The molecule has 0 amide bonds. The van der Waals surface area contributed by atoms with Gasteiger partial charge in [-0.25, -0.2) is 0 Å². The van der Waals surface area contributed by atoms with Gasteiger partial charge in [-0.05, 0) is 5.56 Å². The van der Waals surface area contributed by atoms with Gasteiger partial charge in [0.15, 0.2) is 11.9 Å². The van der Waals surface area contributed by atoms with E-state index in [0.29, 0.717) is 5.56 Å². The molecule has 0 spiro atoms. The van der Waals surface area contributed by atoms with Gasteiger partial charge in [0.05, 0.1) is 11.5 Å². The molecule has 0 bridgehead atoms. The lowest BCUT2D eigenvalue weighted by Gasteiger charge is -2.34. The minimum Gasteiger partial charge on any atom is -0.453 e. The predicted molar refractivity (Wildman–Crippen MR) is 71.0 cm³/mol. The third-order valence-corrected chi connectivity index (χ3v) is 3.71. The van der Waals surface area contributed by atoms with E-state index >= 15 is 0 Å². The third-order valence-electron chi connectivity index (χ3n) is 3.71. The molecule has 3 N–H and O–H groups in total. The number of nitrogens with one attached hydrogen (secondary N) is 1. The highest BCUT2D eigenvalue weighted by Gasteiger charge is 2.54. The van der Waals surface area contributed by atoms with Crippen LogP contribution in [0, 0.1) is 17.2 Å². The number of hydrogen-bond donors (Lipinski definition) is 2. The highest BCUT2D eigenvalue weighted by atomic mass is 19.4. The van der Waals surface area contributed by atoms with Gasteiger partial charge in [-0.1, -0.05) is 30.3 Å². The normalized spacial score (nSPS) is 27.4. The first-order chi connectivity index (χ1) is 10.4. The molecule has 2 heterocycles. The molecule has 3 unspecified atom stereocenters. The molecule has 3 rings (SSSR count). The fourth-order valence-corrected chi connectivity index (χ4v) is 2.81. The lowest BCUT2D eigenvalue weighted by atomic mass is 9.76. The highest BCUT2D eigenvalue weighted by Crippen LogP contribution is 2.44. The molecule has 8 heteroatoms. The highest BCUT2D eigenvalue weighted by molar-refractivity contribution is 5.94. The fourth-order valence-electron chi connectivity index (χ4n) is 2.81. The number of hydrogen-bond acceptors (Lipinski definition) is 5. The van der Waals surface area contributed by atoms with Crippen molar-refractivity contribution in [2.24, 2.45) is 16.8 Å². The minimum absolute atomic E-state index is 0.0203. The molecule has 0 saturated heterocycles. The van der Waals surface area contributed by atoms with Crippen molar-refractivity contribution in [3.05, 3.63) is 47.4 Å². The van der Waals surface area contributed by atoms with Crippen LogP contribution in [0.3, 0.4) is 0 Å². The number of nitrogens with two attached hydrogens (primary N) is 1. The van der Waals surface area contributed by atoms with Gasteiger partial charge in [-0.2, -0.15) is 23.5 Å². The lowest BCUT2D eigenvalue weighted by molar-refractivity contribution is -0.0661. The summed E-state index contributed by atoms with van der Waals surface area (Å²) in [5.41, 5.74) is 7.54. The summed E-state index contributed by atoms with van der Waals surface area (Å²) in [5.74, 6) is -2.20. The van der Waals surface area contributed by atoms with Crippen molar-refractivity contribution in [3.8, 4) is 6.07 Å². The summed E-state index contributed by atoms with van der Waals surface area (Å²) < 4.78 is 44.8. The molecular weight excluding hydrogens is 297 g/mol. The van der Waals surface area contributed by atoms with E-state index in [-0.39, 0.29) is 11.5 Å². The SMILES string of the molecule is N#CC1=C(N)OC2NN=C(C(F)(F)F)C2C1c1ccccc1. The van der Waals surface area contributed by atoms with Gasteiger partial charge >= 0.3 is 6.18 Å². The standard InChI is InChI=1S/C14H11F3N4O/c15-14(16,17)11-10-9(7-4-2-1-3-5-7)8(6-18)12(19)22-13(10)21-20-11/h1-5,9-10,13,21H,19H2. The molecular formula is C14H11F3N4O. The van der Waals surface area contributed by atoms with Crippen molar-refractivity contribution in [2.75, 3.05) is 0 Å². The Kier molecular flexibility index (Phi) is 3.20. The summed E-state index contributed by atoms with van der Waals surface area (Å²) in [6.45, 7) is 0. The lowest BCUT2D eigenvalue weighted by Crippen LogP contribution is -2.45. The third kappa shape index (κ3) is 2.15. The quantitative estimate of drug-likeness (QED) is 0.830. The minimum atomic E-state index is -4.62. The van der Waals surface area contributed by atoms with Crippen LogP contribution >= 0.6 is 0 Å². The van der Waals surface area contributed by atoms with Gasteiger partial charge in [0.2, 0.25) is 5.88 Å². The van der Waals surface area contributed by atoms with Gasteiger partial charge < -0.3 is 10.5 Å². The van der Waals surface area contributed by atoms with Crippen molar-refractivity contribution in [2.45, 2.75) is 18.3 Å². The van der Waals surface area contributed by atoms with Crippen molar-refractivity contribution in [1.82, 2.24) is 5.43 Å². The van der Waals surface area contributed by atoms with E-state index in [2.05, 4.69) is 10.5 Å². The number of rotatable bonds is 1. The molecule has 1 aromatic carbocycles. The smallest absolute Gasteiger partial charge is 0.431 e. The summed E-state index contributed by atoms with van der Waals surface area (Å²) in [4.78, 5) is 0. The van der Waals surface area contributed by atoms with E-state index in [1.807, 2.05) is 6.07 Å². The van der Waals surface area contributed by atoms with Gasteiger partial charge in [-0.15, -0.1) is 0 Å². The van der Waals surface area contributed by atoms with Crippen LogP contribution in [0.15, 0.2) is 46.9 Å². The molecule has 0 aromatic heterocycles. The van der Waals surface area contributed by atoms with Crippen LogP contribution in [0.25, 0.3) is 0 Å². The Balaban J connectivity index is 2.14. The second kappa shape index (κ2) is 4.94. The van der Waals surface area contributed by atoms with Gasteiger partial charge in [-0.3, -0.25) is 5.43 Å². The number of nitrogens with zero attached hydrogens (tertiary/aromatic N) is 2. The van der Waals surface area contributed by atoms with Crippen LogP contribution in [0.1, 0.15) is 11.5 Å². The Hall–Kier alpha value is -2.69. The van der Waals surface area contributed by atoms with Crippen molar-refractivity contribution >= 4 is 5.71 Å². The molecule has 1 aromatic rings. The van der Waals surface area contributed by atoms with E-state index in [1.165, 1.54) is 0 Å². The maximum absolute atomic E-state index is 13.2. The molecule has 0 aliphatic carbocycles. The molecule has 2 aliphatic rings. The van der Waals surface area contributed by atoms with Gasteiger partial charge in [0, 0.05) is 5.92 Å². The fraction of sp³-hybridized carbons (Fsp3) is 0.286. The number of hydrazone groups is 1. The number of halogens is 3. The second-order valence-electron chi connectivity index (χ2n) is 4.97. The molecule has 3 atom stereocenters. The van der Waals surface area contributed by atoms with E-state index < -0.39 is 30.0 Å². The van der Waals surface area contributed by atoms with Crippen molar-refractivity contribution in [3.63, 3.8) is 0 Å². The first kappa shape index (κ1) is 14.3. The Morgan fingerprint density at radius 1 is 1.27 bits per heavy atom. The van der Waals surface area contributed by atoms with Crippen LogP contribution in [-0.2, 0) is 4.74 Å². The topological polar surface area (TPSA) is 83.4 Å². The Labute approximate surface area is 123 Å². The van der Waals surface area contributed by atoms with Crippen molar-refractivity contribution < 1.29 is 17.9 Å². The first-order valence-corrected chi connectivity index (χ1v) is 6.45. The van der Waals surface area contributed by atoms with E-state index in [9.17, 15) is 18.4 Å². The average Bonchev–Trinajstić information content (AvgIpc) is 2.90. The Morgan fingerprint density at radius 2 is 1.95 bits per heavy atom. The van der Waals surface area contributed by atoms with Gasteiger partial charge in [0.1, 0.15) is 6.07 Å². The van der Waals surface area contributed by atoms with Crippen LogP contribution in [0.2, 0.25) is 0 Å². The average molecular weight is 308 g/mol. The maximum atomic E-state index is 13.2. The number of alkyl halides is 3. The van der Waals surface area contributed by atoms with Crippen LogP contribution in [-0.4, -0.2) is 18.1 Å². The Bertz CT molecular complexity index is 690. The summed E-state index contributed by atoms with van der Waals surface area (Å²) in [7, 11) is 0. The second-order valence-corrected chi connectivity index (χ2v) is 4.97. The zero-order valence-corrected chi connectivity index (χ0v) is 11.1. The Morgan fingerprint density at radius 3 is 2.55 bits per heavy atom. The number of benzene rings is 1. The zero-order chi connectivity index (χ0) is 15.9. The molecule has 2 aliphatic heterocycles. The van der Waals surface area contributed by atoms with Crippen LogP contribution in [0.4, 0.5) is 13.2 Å². The first-order valence-electron chi connectivity index (χ1n) is 6.45. The zero-order valence-electron chi connectivity index (χ0n) is 11.1. The summed E-state index contributed by atoms with van der Waals surface area (Å²) >= 11 is 0. The number of fused-ring (bicyclic) bond motifs is 1. The summed E-state index contributed by atoms with van der Waals surface area (Å²) in [5, 5.41) is 12.6. The molecule has 114 valence electrons. The summed E-state index contributed by atoms with van der Waals surface area (Å²) in [6, 6.07) is 10.3. The molecule has 0 fully saturated rings. The van der Waals surface area contributed by atoms with E-state index in [4.69, 9.17) is 10.5 Å². The van der Waals surface area contributed by atoms with Crippen LogP contribution < -0.4 is 11.2 Å². The predicted octanol–water partition coefficient (Wildman–Crippen LogP) is 1.96. The molecule has 0 radical (unpaired) electrons. The summed E-state index contributed by atoms with van der Waals surface area (Å²) in [6.07, 6.45) is -5.66. The van der Waals surface area contributed by atoms with Gasteiger partial charge in [0.25, 0.3) is 0 Å². The number of nitriles is 1. The number of allylic oxidation sites excluding steroid dienone is 1. The monoisotopic (exact) mass is 308 g/mol.